The van der Waals surface area contributed by atoms with Crippen LogP contribution < -0.4 is 10.2 Å². The highest BCUT2D eigenvalue weighted by Gasteiger charge is 2.57. The first-order valence-electron chi connectivity index (χ1n) is 10.0. The van der Waals surface area contributed by atoms with Crippen LogP contribution in [0.2, 0.25) is 15.1 Å². The van der Waals surface area contributed by atoms with Gasteiger partial charge >= 0.3 is 6.18 Å². The maximum atomic E-state index is 14.3. The lowest BCUT2D eigenvalue weighted by atomic mass is 9.72. The van der Waals surface area contributed by atoms with Crippen LogP contribution in [0.15, 0.2) is 34.8 Å². The average Bonchev–Trinajstić information content (AvgIpc) is 2.75. The summed E-state index contributed by atoms with van der Waals surface area (Å²) in [4.78, 5) is 13.4. The summed E-state index contributed by atoms with van der Waals surface area (Å²) >= 11 is 21.5. The quantitative estimate of drug-likeness (QED) is 0.376. The minimum Gasteiger partial charge on any atom is -0.371 e. The Hall–Kier alpha value is -1.15. The van der Waals surface area contributed by atoms with Gasteiger partial charge in [0.25, 0.3) is 0 Å². The summed E-state index contributed by atoms with van der Waals surface area (Å²) in [5, 5.41) is 2.87. The Bertz CT molecular complexity index is 985. The number of halogens is 7. The molecule has 0 radical (unpaired) electrons. The van der Waals surface area contributed by atoms with Crippen molar-refractivity contribution < 1.29 is 18.0 Å². The molecular formula is C22H21BrCl3F3N2O. The number of benzene rings is 2. The van der Waals surface area contributed by atoms with Crippen molar-refractivity contribution in [3.63, 3.8) is 0 Å². The molecule has 1 aliphatic rings. The number of hydrogen-bond acceptors (Lipinski definition) is 2. The Morgan fingerprint density at radius 1 is 1.12 bits per heavy atom. The van der Waals surface area contributed by atoms with Gasteiger partial charge < -0.3 is 10.2 Å². The Morgan fingerprint density at radius 2 is 1.72 bits per heavy atom. The van der Waals surface area contributed by atoms with E-state index < -0.39 is 11.6 Å². The zero-order valence-corrected chi connectivity index (χ0v) is 21.0. The number of anilines is 1. The molecule has 0 aromatic heterocycles. The van der Waals surface area contributed by atoms with Crippen LogP contribution in [0.25, 0.3) is 0 Å². The Kier molecular flexibility index (Phi) is 7.96. The highest BCUT2D eigenvalue weighted by atomic mass is 79.9. The summed E-state index contributed by atoms with van der Waals surface area (Å²) in [6.07, 6.45) is -4.36. The topological polar surface area (TPSA) is 32.3 Å². The standard InChI is InChI=1S/C22H21BrCl3F3N2O/c1-2-19(32)30-12-13-3-4-15(11-16(13)23)31-7-5-21(6-8-31,22(27,28)29)14-9-17(24)20(26)18(25)10-14/h3-4,9-11H,2,5-8,12H2,1H3,(H,30,32). The van der Waals surface area contributed by atoms with Crippen molar-refractivity contribution in [1.82, 2.24) is 5.32 Å². The van der Waals surface area contributed by atoms with Crippen LogP contribution in [0.4, 0.5) is 18.9 Å². The highest BCUT2D eigenvalue weighted by molar-refractivity contribution is 9.10. The minimum atomic E-state index is -4.47. The van der Waals surface area contributed by atoms with Crippen molar-refractivity contribution in [3.05, 3.63) is 61.0 Å². The van der Waals surface area contributed by atoms with Gasteiger partial charge in [0.05, 0.1) is 20.5 Å². The fourth-order valence-electron chi connectivity index (χ4n) is 3.91. The molecule has 10 heteroatoms. The first-order valence-corrected chi connectivity index (χ1v) is 11.9. The molecule has 1 N–H and O–H groups in total. The van der Waals surface area contributed by atoms with Gasteiger partial charge in [0.2, 0.25) is 5.91 Å². The van der Waals surface area contributed by atoms with Crippen molar-refractivity contribution >= 4 is 62.3 Å². The molecule has 174 valence electrons. The van der Waals surface area contributed by atoms with Gasteiger partial charge in [0.15, 0.2) is 0 Å². The van der Waals surface area contributed by atoms with Crippen LogP contribution in [0.1, 0.15) is 37.3 Å². The van der Waals surface area contributed by atoms with Crippen molar-refractivity contribution in [2.24, 2.45) is 0 Å². The zero-order chi connectivity index (χ0) is 23.7. The first-order chi connectivity index (χ1) is 15.0. The van der Waals surface area contributed by atoms with Crippen LogP contribution >= 0.6 is 50.7 Å². The minimum absolute atomic E-state index is 0.00917. The molecule has 0 saturated carbocycles. The van der Waals surface area contributed by atoms with Gasteiger partial charge in [-0.05, 0) is 48.2 Å². The molecule has 32 heavy (non-hydrogen) atoms. The third kappa shape index (κ3) is 5.16. The molecule has 2 aromatic carbocycles. The van der Waals surface area contributed by atoms with Gasteiger partial charge in [-0.15, -0.1) is 0 Å². The maximum Gasteiger partial charge on any atom is 0.398 e. The van der Waals surface area contributed by atoms with Gasteiger partial charge in [0.1, 0.15) is 0 Å². The number of nitrogens with zero attached hydrogens (tertiary/aromatic N) is 1. The van der Waals surface area contributed by atoms with Crippen molar-refractivity contribution in [3.8, 4) is 0 Å². The lowest BCUT2D eigenvalue weighted by Crippen LogP contribution is -2.51. The SMILES string of the molecule is CCC(=O)NCc1ccc(N2CCC(c3cc(Cl)c(Cl)c(Cl)c3)(C(F)(F)F)CC2)cc1Br. The molecule has 3 nitrogen and oxygen atoms in total. The van der Waals surface area contributed by atoms with Gasteiger partial charge in [-0.3, -0.25) is 4.79 Å². The van der Waals surface area contributed by atoms with Crippen LogP contribution in [0.3, 0.4) is 0 Å². The number of nitrogens with one attached hydrogen (secondary N) is 1. The molecule has 0 atom stereocenters. The van der Waals surface area contributed by atoms with E-state index in [-0.39, 0.29) is 52.5 Å². The summed E-state index contributed by atoms with van der Waals surface area (Å²) in [6, 6.07) is 8.13. The second-order valence-electron chi connectivity index (χ2n) is 7.73. The Balaban J connectivity index is 1.81. The molecule has 3 rings (SSSR count). The second kappa shape index (κ2) is 10.00. The summed E-state index contributed by atoms with van der Waals surface area (Å²) in [5.41, 5.74) is -0.316. The smallest absolute Gasteiger partial charge is 0.371 e. The molecule has 1 saturated heterocycles. The number of carbonyl (C=O) groups is 1. The van der Waals surface area contributed by atoms with Gasteiger partial charge in [-0.25, -0.2) is 0 Å². The molecule has 0 bridgehead atoms. The van der Waals surface area contributed by atoms with E-state index in [1.807, 2.05) is 23.1 Å². The lowest BCUT2D eigenvalue weighted by molar-refractivity contribution is -0.196. The van der Waals surface area contributed by atoms with Crippen molar-refractivity contribution in [1.29, 1.82) is 0 Å². The predicted molar refractivity (Wildman–Crippen MR) is 127 cm³/mol. The third-order valence-electron chi connectivity index (χ3n) is 5.89. The van der Waals surface area contributed by atoms with Gasteiger partial charge in [0, 0.05) is 36.2 Å². The molecule has 1 heterocycles. The maximum absolute atomic E-state index is 14.3. The van der Waals surface area contributed by atoms with Crippen LogP contribution in [0, 0.1) is 0 Å². The third-order valence-corrected chi connectivity index (χ3v) is 7.83. The lowest BCUT2D eigenvalue weighted by Gasteiger charge is -2.44. The van der Waals surface area contributed by atoms with Gasteiger partial charge in [-0.1, -0.05) is 63.7 Å². The fraction of sp³-hybridized carbons (Fsp3) is 0.409. The Labute approximate surface area is 208 Å². The first kappa shape index (κ1) is 25.5. The zero-order valence-electron chi connectivity index (χ0n) is 17.1. The molecule has 0 spiro atoms. The van der Waals surface area contributed by atoms with E-state index in [1.165, 1.54) is 12.1 Å². The van der Waals surface area contributed by atoms with E-state index in [0.29, 0.717) is 13.0 Å². The molecule has 0 unspecified atom stereocenters. The van der Waals surface area contributed by atoms with E-state index in [4.69, 9.17) is 34.8 Å². The summed E-state index contributed by atoms with van der Waals surface area (Å²) in [5.74, 6) is -0.0529. The largest absolute Gasteiger partial charge is 0.398 e. The van der Waals surface area contributed by atoms with E-state index in [1.54, 1.807) is 6.92 Å². The predicted octanol–water partition coefficient (Wildman–Crippen LogP) is 7.54. The molecule has 1 fully saturated rings. The summed E-state index contributed by atoms with van der Waals surface area (Å²) in [7, 11) is 0. The Morgan fingerprint density at radius 3 is 2.22 bits per heavy atom. The molecule has 0 aliphatic carbocycles. The van der Waals surface area contributed by atoms with Crippen LogP contribution in [-0.4, -0.2) is 25.2 Å². The monoisotopic (exact) mass is 570 g/mol. The number of piperidine rings is 1. The number of hydrogen-bond donors (Lipinski definition) is 1. The number of alkyl halides is 3. The molecule has 1 aliphatic heterocycles. The number of amides is 1. The fourth-order valence-corrected chi connectivity index (χ4v) is 5.01. The van der Waals surface area contributed by atoms with E-state index >= 15 is 0 Å². The molecule has 2 aromatic rings. The number of carbonyl (C=O) groups excluding carboxylic acids is 1. The van der Waals surface area contributed by atoms with Crippen LogP contribution in [-0.2, 0) is 16.8 Å². The van der Waals surface area contributed by atoms with Gasteiger partial charge in [-0.2, -0.15) is 13.2 Å². The van der Waals surface area contributed by atoms with Crippen molar-refractivity contribution in [2.45, 2.75) is 44.3 Å². The average molecular weight is 573 g/mol. The normalized spacial score (nSPS) is 16.2. The summed E-state index contributed by atoms with van der Waals surface area (Å²) < 4.78 is 43.7. The van der Waals surface area contributed by atoms with E-state index in [0.717, 1.165) is 15.7 Å². The number of rotatable bonds is 5. The molecular weight excluding hydrogens is 552 g/mol. The van der Waals surface area contributed by atoms with E-state index in [2.05, 4.69) is 21.2 Å². The van der Waals surface area contributed by atoms with Crippen molar-refractivity contribution in [2.75, 3.05) is 18.0 Å². The van der Waals surface area contributed by atoms with E-state index in [9.17, 15) is 18.0 Å². The highest BCUT2D eigenvalue weighted by Crippen LogP contribution is 2.50. The second-order valence-corrected chi connectivity index (χ2v) is 9.77. The van der Waals surface area contributed by atoms with Crippen LogP contribution in [0.5, 0.6) is 0 Å². The summed E-state index contributed by atoms with van der Waals surface area (Å²) in [6.45, 7) is 2.56. The molecule has 1 amide bonds.